The zero-order valence-electron chi connectivity index (χ0n) is 12.3. The Labute approximate surface area is 116 Å². The Morgan fingerprint density at radius 1 is 1.21 bits per heavy atom. The molecule has 0 spiro atoms. The minimum atomic E-state index is -0.103. The molecule has 1 amide bonds. The van der Waals surface area contributed by atoms with Gasteiger partial charge in [0, 0.05) is 19.1 Å². The van der Waals surface area contributed by atoms with E-state index in [1.807, 2.05) is 42.2 Å². The van der Waals surface area contributed by atoms with Crippen molar-refractivity contribution in [2.24, 2.45) is 5.73 Å². The first-order valence-corrected chi connectivity index (χ1v) is 7.21. The van der Waals surface area contributed by atoms with Gasteiger partial charge < -0.3 is 10.6 Å². The number of benzene rings is 1. The molecule has 2 N–H and O–H groups in total. The van der Waals surface area contributed by atoms with Crippen molar-refractivity contribution in [3.8, 4) is 0 Å². The number of carbonyl (C=O) groups excluding carboxylic acids is 1. The number of nitrogens with two attached hydrogens (primary N) is 1. The van der Waals surface area contributed by atoms with E-state index in [0.717, 1.165) is 18.4 Å². The lowest BCUT2D eigenvalue weighted by molar-refractivity contribution is -0.134. The van der Waals surface area contributed by atoms with Gasteiger partial charge in [-0.2, -0.15) is 0 Å². The molecule has 0 aliphatic carbocycles. The standard InChI is InChI=1S/C16H26N2O/c1-4-15(5-2)18(12-11-17)16(19)13(3)14-9-7-6-8-10-14/h6-10,13,15H,4-5,11-12,17H2,1-3H3. The summed E-state index contributed by atoms with van der Waals surface area (Å²) < 4.78 is 0. The van der Waals surface area contributed by atoms with Gasteiger partial charge in [0.1, 0.15) is 0 Å². The molecule has 3 nitrogen and oxygen atoms in total. The van der Waals surface area contributed by atoms with E-state index < -0.39 is 0 Å². The highest BCUT2D eigenvalue weighted by Crippen LogP contribution is 2.20. The van der Waals surface area contributed by atoms with Crippen molar-refractivity contribution in [3.63, 3.8) is 0 Å². The maximum Gasteiger partial charge on any atom is 0.230 e. The van der Waals surface area contributed by atoms with Crippen LogP contribution in [0.25, 0.3) is 0 Å². The topological polar surface area (TPSA) is 46.3 Å². The van der Waals surface area contributed by atoms with Crippen LogP contribution in [0.1, 0.15) is 45.1 Å². The zero-order chi connectivity index (χ0) is 14.3. The molecule has 3 heteroatoms. The Hall–Kier alpha value is -1.35. The number of carbonyl (C=O) groups is 1. The van der Waals surface area contributed by atoms with Gasteiger partial charge in [-0.15, -0.1) is 0 Å². The van der Waals surface area contributed by atoms with Crippen LogP contribution >= 0.6 is 0 Å². The largest absolute Gasteiger partial charge is 0.338 e. The number of rotatable bonds is 7. The number of hydrogen-bond acceptors (Lipinski definition) is 2. The molecular weight excluding hydrogens is 236 g/mol. The van der Waals surface area contributed by atoms with Gasteiger partial charge in [-0.1, -0.05) is 44.2 Å². The molecule has 0 saturated carbocycles. The fourth-order valence-electron chi connectivity index (χ4n) is 2.47. The van der Waals surface area contributed by atoms with Crippen molar-refractivity contribution < 1.29 is 4.79 Å². The normalized spacial score (nSPS) is 12.5. The lowest BCUT2D eigenvalue weighted by Crippen LogP contribution is -2.44. The SMILES string of the molecule is CCC(CC)N(CCN)C(=O)C(C)c1ccccc1. The third-order valence-corrected chi connectivity index (χ3v) is 3.71. The van der Waals surface area contributed by atoms with Crippen LogP contribution in [0, 0.1) is 0 Å². The first-order valence-electron chi connectivity index (χ1n) is 7.21. The summed E-state index contributed by atoms with van der Waals surface area (Å²) in [6.45, 7) is 7.38. The molecule has 1 aromatic rings. The van der Waals surface area contributed by atoms with E-state index >= 15 is 0 Å². The van der Waals surface area contributed by atoms with E-state index in [-0.39, 0.29) is 11.8 Å². The van der Waals surface area contributed by atoms with Crippen LogP contribution in [0.3, 0.4) is 0 Å². The summed E-state index contributed by atoms with van der Waals surface area (Å²) in [5, 5.41) is 0. The van der Waals surface area contributed by atoms with E-state index in [2.05, 4.69) is 13.8 Å². The predicted octanol–water partition coefficient (Wildman–Crippen LogP) is 2.77. The third-order valence-electron chi connectivity index (χ3n) is 3.71. The van der Waals surface area contributed by atoms with Crippen molar-refractivity contribution >= 4 is 5.91 Å². The Kier molecular flexibility index (Phi) is 6.57. The lowest BCUT2D eigenvalue weighted by atomic mass is 9.98. The van der Waals surface area contributed by atoms with Crippen molar-refractivity contribution in [1.82, 2.24) is 4.90 Å². The summed E-state index contributed by atoms with van der Waals surface area (Å²) >= 11 is 0. The monoisotopic (exact) mass is 262 g/mol. The first-order chi connectivity index (χ1) is 9.15. The minimum absolute atomic E-state index is 0.103. The van der Waals surface area contributed by atoms with Gasteiger partial charge in [0.25, 0.3) is 0 Å². The average Bonchev–Trinajstić information content (AvgIpc) is 2.47. The Balaban J connectivity index is 2.87. The van der Waals surface area contributed by atoms with Gasteiger partial charge >= 0.3 is 0 Å². The summed E-state index contributed by atoms with van der Waals surface area (Å²) in [5.41, 5.74) is 6.73. The van der Waals surface area contributed by atoms with Crippen LogP contribution in [-0.4, -0.2) is 29.9 Å². The molecule has 0 aliphatic heterocycles. The van der Waals surface area contributed by atoms with Crippen molar-refractivity contribution in [2.75, 3.05) is 13.1 Å². The fraction of sp³-hybridized carbons (Fsp3) is 0.562. The minimum Gasteiger partial charge on any atom is -0.338 e. The number of hydrogen-bond donors (Lipinski definition) is 1. The second-order valence-corrected chi connectivity index (χ2v) is 4.92. The molecule has 0 fully saturated rings. The molecule has 0 aliphatic rings. The third kappa shape index (κ3) is 4.06. The molecule has 0 bridgehead atoms. The highest BCUT2D eigenvalue weighted by atomic mass is 16.2. The Bertz CT molecular complexity index is 374. The van der Waals surface area contributed by atoms with Crippen LogP contribution in [-0.2, 0) is 4.79 Å². The molecule has 106 valence electrons. The molecule has 0 saturated heterocycles. The lowest BCUT2D eigenvalue weighted by Gasteiger charge is -2.32. The maximum absolute atomic E-state index is 12.7. The van der Waals surface area contributed by atoms with Crippen LogP contribution in [0.5, 0.6) is 0 Å². The molecule has 19 heavy (non-hydrogen) atoms. The second kappa shape index (κ2) is 7.95. The molecule has 0 heterocycles. The van der Waals surface area contributed by atoms with E-state index in [0.29, 0.717) is 19.1 Å². The molecule has 0 radical (unpaired) electrons. The Morgan fingerprint density at radius 3 is 2.26 bits per heavy atom. The van der Waals surface area contributed by atoms with Gasteiger partial charge in [-0.3, -0.25) is 4.79 Å². The number of amides is 1. The quantitative estimate of drug-likeness (QED) is 0.821. The van der Waals surface area contributed by atoms with E-state index in [9.17, 15) is 4.79 Å². The van der Waals surface area contributed by atoms with Gasteiger partial charge in [-0.05, 0) is 25.3 Å². The van der Waals surface area contributed by atoms with Gasteiger partial charge in [0.2, 0.25) is 5.91 Å². The molecule has 0 aromatic heterocycles. The number of nitrogens with zero attached hydrogens (tertiary/aromatic N) is 1. The van der Waals surface area contributed by atoms with E-state index in [1.54, 1.807) is 0 Å². The highest BCUT2D eigenvalue weighted by molar-refractivity contribution is 5.83. The van der Waals surface area contributed by atoms with E-state index in [1.165, 1.54) is 0 Å². The highest BCUT2D eigenvalue weighted by Gasteiger charge is 2.25. The van der Waals surface area contributed by atoms with Gasteiger partial charge in [0.15, 0.2) is 0 Å². The molecule has 1 unspecified atom stereocenters. The van der Waals surface area contributed by atoms with Gasteiger partial charge in [0.05, 0.1) is 5.92 Å². The maximum atomic E-state index is 12.7. The molecule has 1 atom stereocenters. The average molecular weight is 262 g/mol. The fourth-order valence-corrected chi connectivity index (χ4v) is 2.47. The van der Waals surface area contributed by atoms with Crippen LogP contribution < -0.4 is 5.73 Å². The summed E-state index contributed by atoms with van der Waals surface area (Å²) in [7, 11) is 0. The van der Waals surface area contributed by atoms with Crippen molar-refractivity contribution in [1.29, 1.82) is 0 Å². The first kappa shape index (κ1) is 15.7. The van der Waals surface area contributed by atoms with Crippen LogP contribution in [0.2, 0.25) is 0 Å². The van der Waals surface area contributed by atoms with Crippen LogP contribution in [0.4, 0.5) is 0 Å². The summed E-state index contributed by atoms with van der Waals surface area (Å²) in [6, 6.07) is 10.2. The molecule has 1 rings (SSSR count). The Morgan fingerprint density at radius 2 is 1.79 bits per heavy atom. The molecule has 1 aromatic carbocycles. The van der Waals surface area contributed by atoms with Crippen molar-refractivity contribution in [2.45, 2.75) is 45.6 Å². The van der Waals surface area contributed by atoms with Gasteiger partial charge in [-0.25, -0.2) is 0 Å². The predicted molar refractivity (Wildman–Crippen MR) is 80.0 cm³/mol. The van der Waals surface area contributed by atoms with Crippen molar-refractivity contribution in [3.05, 3.63) is 35.9 Å². The summed E-state index contributed by atoms with van der Waals surface area (Å²) in [6.07, 6.45) is 1.95. The van der Waals surface area contributed by atoms with E-state index in [4.69, 9.17) is 5.73 Å². The van der Waals surface area contributed by atoms with Crippen LogP contribution in [0.15, 0.2) is 30.3 Å². The summed E-state index contributed by atoms with van der Waals surface area (Å²) in [5.74, 6) is 0.0821. The summed E-state index contributed by atoms with van der Waals surface area (Å²) in [4.78, 5) is 14.6. The zero-order valence-corrected chi connectivity index (χ0v) is 12.3. The smallest absolute Gasteiger partial charge is 0.230 e. The molecular formula is C16H26N2O. The second-order valence-electron chi connectivity index (χ2n) is 4.92.